The fourth-order valence-corrected chi connectivity index (χ4v) is 8.30. The van der Waals surface area contributed by atoms with Crippen molar-refractivity contribution in [2.75, 3.05) is 41.9 Å². The predicted molar refractivity (Wildman–Crippen MR) is 234 cm³/mol. The third kappa shape index (κ3) is 14.9. The van der Waals surface area contributed by atoms with Gasteiger partial charge in [-0.25, -0.2) is 4.79 Å². The smallest absolute Gasteiger partial charge is 0.326 e. The minimum absolute atomic E-state index is 0.00801. The van der Waals surface area contributed by atoms with E-state index in [0.29, 0.717) is 36.9 Å². The molecule has 2 rings (SSSR count). The van der Waals surface area contributed by atoms with E-state index in [2.05, 4.69) is 22.5 Å². The fraction of sp³-hybridized carbons (Fsp3) is 0.667. The van der Waals surface area contributed by atoms with Crippen LogP contribution in [-0.4, -0.2) is 157 Å². The van der Waals surface area contributed by atoms with Gasteiger partial charge in [-0.05, 0) is 57.2 Å². The molecular weight excluding hydrogens is 801 g/mol. The summed E-state index contributed by atoms with van der Waals surface area (Å²) in [5.74, 6) is -6.06. The van der Waals surface area contributed by atoms with Crippen LogP contribution in [0.25, 0.3) is 0 Å². The quantitative estimate of drug-likeness (QED) is 0.0849. The molecule has 1 aromatic carbocycles. The average molecular weight is 873 g/mol. The maximum absolute atomic E-state index is 14.3. The summed E-state index contributed by atoms with van der Waals surface area (Å²) >= 11 is 0. The fourth-order valence-electron chi connectivity index (χ4n) is 8.30. The van der Waals surface area contributed by atoms with Gasteiger partial charge in [0.05, 0.1) is 42.7 Å². The van der Waals surface area contributed by atoms with Gasteiger partial charge in [-0.3, -0.25) is 33.7 Å². The molecule has 17 nitrogen and oxygen atoms in total. The van der Waals surface area contributed by atoms with E-state index in [1.807, 2.05) is 53.6 Å². The third-order valence-electron chi connectivity index (χ3n) is 11.7. The molecule has 0 aromatic heterocycles. The van der Waals surface area contributed by atoms with Crippen molar-refractivity contribution in [3.8, 4) is 0 Å². The number of carbonyl (C=O) groups is 7. The molecule has 0 aliphatic carbocycles. The van der Waals surface area contributed by atoms with Gasteiger partial charge >= 0.3 is 11.9 Å². The molecule has 9 unspecified atom stereocenters. The minimum atomic E-state index is -1.50. The monoisotopic (exact) mass is 873 g/mol. The van der Waals surface area contributed by atoms with Crippen LogP contribution in [0.3, 0.4) is 0 Å². The number of ether oxygens (including phenoxy) is 2. The van der Waals surface area contributed by atoms with Crippen molar-refractivity contribution in [3.05, 3.63) is 48.0 Å². The number of hydrogen-bond donors (Lipinski definition) is 5. The van der Waals surface area contributed by atoms with Crippen LogP contribution < -0.4 is 16.0 Å². The molecular formula is C45H72N6O11. The van der Waals surface area contributed by atoms with Crippen LogP contribution in [0, 0.1) is 17.8 Å². The number of carboxylic acids is 2. The molecule has 348 valence electrons. The van der Waals surface area contributed by atoms with Crippen molar-refractivity contribution in [1.82, 2.24) is 30.7 Å². The first-order chi connectivity index (χ1) is 29.1. The zero-order valence-corrected chi connectivity index (χ0v) is 38.5. The number of carbonyl (C=O) groups excluding carboxylic acids is 5. The maximum Gasteiger partial charge on any atom is 0.326 e. The van der Waals surface area contributed by atoms with Crippen molar-refractivity contribution in [2.24, 2.45) is 17.8 Å². The molecule has 1 heterocycles. The zero-order chi connectivity index (χ0) is 47.0. The lowest BCUT2D eigenvalue weighted by molar-refractivity contribution is -0.146. The number of nitrogens with zero attached hydrogens (tertiary/aromatic N) is 3. The van der Waals surface area contributed by atoms with E-state index >= 15 is 0 Å². The van der Waals surface area contributed by atoms with Gasteiger partial charge in [0.1, 0.15) is 18.1 Å². The summed E-state index contributed by atoms with van der Waals surface area (Å²) in [5, 5.41) is 26.9. The number of carboxylic acid groups (broad SMARTS) is 2. The van der Waals surface area contributed by atoms with Crippen molar-refractivity contribution in [1.29, 1.82) is 0 Å². The Morgan fingerprint density at radius 1 is 0.839 bits per heavy atom. The Morgan fingerprint density at radius 3 is 1.95 bits per heavy atom. The zero-order valence-electron chi connectivity index (χ0n) is 38.5. The molecule has 0 saturated carbocycles. The van der Waals surface area contributed by atoms with Gasteiger partial charge < -0.3 is 45.4 Å². The first kappa shape index (κ1) is 53.3. The number of benzene rings is 1. The number of amides is 5. The maximum atomic E-state index is 14.3. The Kier molecular flexibility index (Phi) is 21.7. The third-order valence-corrected chi connectivity index (χ3v) is 11.7. The largest absolute Gasteiger partial charge is 0.481 e. The summed E-state index contributed by atoms with van der Waals surface area (Å²) in [5.41, 5.74) is 1.35. The summed E-state index contributed by atoms with van der Waals surface area (Å²) in [4.78, 5) is 97.6. The molecule has 1 aliphatic rings. The topological polar surface area (TPSA) is 224 Å². The van der Waals surface area contributed by atoms with Crippen LogP contribution in [0.5, 0.6) is 0 Å². The minimum Gasteiger partial charge on any atom is -0.481 e. The average Bonchev–Trinajstić information content (AvgIpc) is 3.70. The Morgan fingerprint density at radius 2 is 1.45 bits per heavy atom. The Bertz CT molecular complexity index is 1680. The second-order valence-electron chi connectivity index (χ2n) is 17.1. The molecule has 1 saturated heterocycles. The number of hydrogen-bond acceptors (Lipinski definition) is 10. The molecule has 62 heavy (non-hydrogen) atoms. The van der Waals surface area contributed by atoms with Gasteiger partial charge in [0.2, 0.25) is 29.5 Å². The van der Waals surface area contributed by atoms with E-state index in [1.54, 1.807) is 49.2 Å². The second-order valence-corrected chi connectivity index (χ2v) is 17.1. The first-order valence-corrected chi connectivity index (χ1v) is 21.5. The van der Waals surface area contributed by atoms with E-state index in [-0.39, 0.29) is 48.8 Å². The van der Waals surface area contributed by atoms with Crippen LogP contribution >= 0.6 is 0 Å². The lowest BCUT2D eigenvalue weighted by atomic mass is 9.92. The highest BCUT2D eigenvalue weighted by molar-refractivity contribution is 5.92. The molecule has 0 spiro atoms. The van der Waals surface area contributed by atoms with Crippen LogP contribution in [-0.2, 0) is 49.5 Å². The SMILES string of the molecule is C=C(CC)C(C(CC(=O)N1CCCC1C(OC)C(C)C(=O)NC(Cc1ccccc1)C(=O)NC(CCC(=O)O)C(=O)O)OC)N(C)C(=O)C(NC(=O)C(C(C)C)N(C)C)C(C)C. The first-order valence-electron chi connectivity index (χ1n) is 21.5. The Hall–Kier alpha value is -4.87. The summed E-state index contributed by atoms with van der Waals surface area (Å²) in [6, 6.07) is 3.51. The second kappa shape index (κ2) is 25.3. The molecule has 1 aromatic rings. The molecule has 17 heteroatoms. The van der Waals surface area contributed by atoms with Crippen molar-refractivity contribution in [2.45, 2.75) is 135 Å². The van der Waals surface area contributed by atoms with E-state index in [1.165, 1.54) is 19.1 Å². The number of aliphatic carboxylic acids is 2. The summed E-state index contributed by atoms with van der Waals surface area (Å²) in [7, 11) is 8.17. The normalized spacial score (nSPS) is 17.9. The lowest BCUT2D eigenvalue weighted by Gasteiger charge is -2.39. The number of likely N-dealkylation sites (N-methyl/N-ethyl adjacent to an activating group) is 2. The summed E-state index contributed by atoms with van der Waals surface area (Å²) in [6.07, 6.45) is -0.972. The van der Waals surface area contributed by atoms with Crippen LogP contribution in [0.2, 0.25) is 0 Å². The molecule has 0 radical (unpaired) electrons. The molecule has 1 fully saturated rings. The number of rotatable bonds is 26. The predicted octanol–water partition coefficient (Wildman–Crippen LogP) is 2.72. The van der Waals surface area contributed by atoms with E-state index < -0.39 is 84.6 Å². The Balaban J connectivity index is 2.35. The number of methoxy groups -OCH3 is 2. The van der Waals surface area contributed by atoms with Crippen LogP contribution in [0.4, 0.5) is 0 Å². The van der Waals surface area contributed by atoms with Crippen molar-refractivity contribution in [3.63, 3.8) is 0 Å². The molecule has 0 bridgehead atoms. The van der Waals surface area contributed by atoms with Crippen molar-refractivity contribution >= 4 is 41.5 Å². The molecule has 5 amide bonds. The standard InChI is InChI=1S/C45H72N6O11/c1-13-28(6)39(50(10)44(58)37(26(2)3)48-43(57)38(27(4)5)49(8)9)34(61-11)25-35(52)51-23-17-20-33(51)40(62-12)29(7)41(55)47-32(24-30-18-15-14-16-19-30)42(56)46-31(45(59)60)21-22-36(53)54/h14-16,18-19,26-27,29,31-34,37-40H,6,13,17,20-25H2,1-5,7-12H3,(H,46,56)(H,47,55)(H,48,57)(H,53,54)(H,59,60). The van der Waals surface area contributed by atoms with E-state index in [9.17, 15) is 38.7 Å². The Labute approximate surface area is 367 Å². The number of nitrogens with one attached hydrogen (secondary N) is 3. The van der Waals surface area contributed by atoms with Gasteiger partial charge in [-0.1, -0.05) is 84.0 Å². The van der Waals surface area contributed by atoms with Gasteiger partial charge in [-0.15, -0.1) is 0 Å². The molecule has 1 aliphatic heterocycles. The van der Waals surface area contributed by atoms with E-state index in [4.69, 9.17) is 14.6 Å². The number of likely N-dealkylation sites (tertiary alicyclic amines) is 1. The van der Waals surface area contributed by atoms with Crippen LogP contribution in [0.1, 0.15) is 85.6 Å². The van der Waals surface area contributed by atoms with Crippen LogP contribution in [0.15, 0.2) is 42.5 Å². The highest BCUT2D eigenvalue weighted by Gasteiger charge is 2.43. The van der Waals surface area contributed by atoms with Gasteiger partial charge in [0.25, 0.3) is 0 Å². The molecule has 5 N–H and O–H groups in total. The lowest BCUT2D eigenvalue weighted by Crippen LogP contribution is -2.59. The highest BCUT2D eigenvalue weighted by atomic mass is 16.5. The van der Waals surface area contributed by atoms with Gasteiger partial charge in [0.15, 0.2) is 0 Å². The summed E-state index contributed by atoms with van der Waals surface area (Å²) < 4.78 is 11.9. The highest BCUT2D eigenvalue weighted by Crippen LogP contribution is 2.29. The molecule has 9 atom stereocenters. The van der Waals surface area contributed by atoms with E-state index in [0.717, 1.165) is 0 Å². The summed E-state index contributed by atoms with van der Waals surface area (Å²) in [6.45, 7) is 15.8. The van der Waals surface area contributed by atoms with Gasteiger partial charge in [-0.2, -0.15) is 0 Å². The van der Waals surface area contributed by atoms with Gasteiger partial charge in [0, 0.05) is 40.7 Å². The van der Waals surface area contributed by atoms with Crippen molar-refractivity contribution < 1.29 is 53.2 Å².